The smallest absolute Gasteiger partial charge is 0.351 e. The summed E-state index contributed by atoms with van der Waals surface area (Å²) in [5.41, 5.74) is 1.58. The molecular formula is C16H14ClF3N4OS. The van der Waals surface area contributed by atoms with Gasteiger partial charge in [0.1, 0.15) is 0 Å². The van der Waals surface area contributed by atoms with Crippen molar-refractivity contribution in [3.05, 3.63) is 45.9 Å². The van der Waals surface area contributed by atoms with Gasteiger partial charge in [-0.1, -0.05) is 23.4 Å². The second-order valence-electron chi connectivity index (χ2n) is 5.81. The number of Topliss-reactive ketones (excluding diaryl/α,β-unsaturated/α-hetero) is 1. The van der Waals surface area contributed by atoms with Crippen molar-refractivity contribution in [2.24, 2.45) is 7.05 Å². The highest BCUT2D eigenvalue weighted by atomic mass is 35.5. The Kier molecular flexibility index (Phi) is 4.78. The molecule has 138 valence electrons. The fourth-order valence-electron chi connectivity index (χ4n) is 2.53. The van der Waals surface area contributed by atoms with E-state index in [4.69, 9.17) is 11.6 Å². The maximum Gasteiger partial charge on any atom is 0.417 e. The number of hydrogen-bond acceptors (Lipinski definition) is 4. The number of pyridine rings is 1. The Morgan fingerprint density at radius 2 is 1.96 bits per heavy atom. The molecule has 0 aliphatic heterocycles. The van der Waals surface area contributed by atoms with Gasteiger partial charge in [0.25, 0.3) is 0 Å². The van der Waals surface area contributed by atoms with Crippen LogP contribution in [0.3, 0.4) is 0 Å². The maximum atomic E-state index is 13.0. The number of aromatic nitrogens is 4. The predicted octanol–water partition coefficient (Wildman–Crippen LogP) is 4.33. The summed E-state index contributed by atoms with van der Waals surface area (Å²) in [6.07, 6.45) is -3.66. The fourth-order valence-corrected chi connectivity index (χ4v) is 3.57. The third-order valence-corrected chi connectivity index (χ3v) is 5.39. The van der Waals surface area contributed by atoms with Crippen molar-refractivity contribution in [2.45, 2.75) is 25.2 Å². The van der Waals surface area contributed by atoms with Crippen LogP contribution in [0.1, 0.15) is 27.3 Å². The number of carbonyl (C=O) groups excluding carboxylic acids is 1. The molecule has 0 radical (unpaired) electrons. The third-order valence-electron chi connectivity index (χ3n) is 4.16. The van der Waals surface area contributed by atoms with Crippen LogP contribution in [0.25, 0.3) is 5.65 Å². The van der Waals surface area contributed by atoms with E-state index in [-0.39, 0.29) is 27.4 Å². The molecule has 26 heavy (non-hydrogen) atoms. The Hall–Kier alpha value is -2.00. The molecule has 0 saturated carbocycles. The van der Waals surface area contributed by atoms with Crippen LogP contribution in [0.5, 0.6) is 0 Å². The number of carbonyl (C=O) groups is 1. The molecule has 5 nitrogen and oxygen atoms in total. The van der Waals surface area contributed by atoms with E-state index in [2.05, 4.69) is 10.2 Å². The van der Waals surface area contributed by atoms with Gasteiger partial charge in [0.05, 0.1) is 16.3 Å². The van der Waals surface area contributed by atoms with Crippen LogP contribution in [0.15, 0.2) is 23.5 Å². The molecule has 0 aliphatic rings. The lowest BCUT2D eigenvalue weighted by molar-refractivity contribution is -0.137. The largest absolute Gasteiger partial charge is 0.417 e. The SMILES string of the molecule is Cc1cc(C(=O)CSc2nnc3c(Cl)cc(C(F)(F)F)cn23)c(C)n1C. The van der Waals surface area contributed by atoms with Crippen LogP contribution in [-0.2, 0) is 13.2 Å². The number of nitrogens with zero attached hydrogens (tertiary/aromatic N) is 4. The molecule has 0 N–H and O–H groups in total. The first-order chi connectivity index (χ1) is 12.1. The summed E-state index contributed by atoms with van der Waals surface area (Å²) in [7, 11) is 1.86. The summed E-state index contributed by atoms with van der Waals surface area (Å²) in [5, 5.41) is 7.68. The van der Waals surface area contributed by atoms with Gasteiger partial charge in [0, 0.05) is 30.2 Å². The molecule has 0 unspecified atom stereocenters. The first kappa shape index (κ1) is 18.8. The Labute approximate surface area is 156 Å². The van der Waals surface area contributed by atoms with E-state index >= 15 is 0 Å². The molecular weight excluding hydrogens is 389 g/mol. The monoisotopic (exact) mass is 402 g/mol. The van der Waals surface area contributed by atoms with Crippen molar-refractivity contribution in [1.29, 1.82) is 0 Å². The summed E-state index contributed by atoms with van der Waals surface area (Å²) in [4.78, 5) is 12.5. The quantitative estimate of drug-likeness (QED) is 0.481. The Balaban J connectivity index is 1.88. The van der Waals surface area contributed by atoms with E-state index in [1.54, 1.807) is 6.07 Å². The molecule has 0 atom stereocenters. The molecule has 0 aliphatic carbocycles. The summed E-state index contributed by atoms with van der Waals surface area (Å²) < 4.78 is 42.0. The summed E-state index contributed by atoms with van der Waals surface area (Å²) in [6.45, 7) is 3.73. The molecule has 10 heteroatoms. The van der Waals surface area contributed by atoms with Gasteiger partial charge in [-0.15, -0.1) is 10.2 Å². The van der Waals surface area contributed by atoms with Crippen molar-refractivity contribution in [2.75, 3.05) is 5.75 Å². The number of rotatable bonds is 4. The van der Waals surface area contributed by atoms with Crippen LogP contribution in [0.4, 0.5) is 13.2 Å². The lowest BCUT2D eigenvalue weighted by atomic mass is 10.2. The van der Waals surface area contributed by atoms with E-state index in [9.17, 15) is 18.0 Å². The van der Waals surface area contributed by atoms with Crippen molar-refractivity contribution in [1.82, 2.24) is 19.2 Å². The van der Waals surface area contributed by atoms with Gasteiger partial charge in [-0.2, -0.15) is 13.2 Å². The van der Waals surface area contributed by atoms with Gasteiger partial charge < -0.3 is 4.57 Å². The van der Waals surface area contributed by atoms with E-state index in [1.807, 2.05) is 25.5 Å². The molecule has 3 heterocycles. The molecule has 3 aromatic heterocycles. The first-order valence-corrected chi connectivity index (χ1v) is 8.86. The maximum absolute atomic E-state index is 13.0. The molecule has 0 aromatic carbocycles. The van der Waals surface area contributed by atoms with E-state index < -0.39 is 11.7 Å². The molecule has 0 fully saturated rings. The van der Waals surface area contributed by atoms with Gasteiger partial charge in [-0.05, 0) is 26.0 Å². The van der Waals surface area contributed by atoms with Gasteiger partial charge in [-0.3, -0.25) is 9.20 Å². The van der Waals surface area contributed by atoms with Gasteiger partial charge in [0.2, 0.25) is 0 Å². The van der Waals surface area contributed by atoms with Crippen LogP contribution in [-0.4, -0.2) is 30.7 Å². The van der Waals surface area contributed by atoms with Crippen molar-refractivity contribution in [3.8, 4) is 0 Å². The average Bonchev–Trinajstić information content (AvgIpc) is 3.09. The van der Waals surface area contributed by atoms with Gasteiger partial charge in [-0.25, -0.2) is 0 Å². The zero-order chi connectivity index (χ0) is 19.2. The van der Waals surface area contributed by atoms with Crippen LogP contribution in [0.2, 0.25) is 5.02 Å². The fraction of sp³-hybridized carbons (Fsp3) is 0.312. The van der Waals surface area contributed by atoms with E-state index in [0.717, 1.165) is 39.8 Å². The highest BCUT2D eigenvalue weighted by Gasteiger charge is 2.32. The predicted molar refractivity (Wildman–Crippen MR) is 92.9 cm³/mol. The number of thioether (sulfide) groups is 1. The number of fused-ring (bicyclic) bond motifs is 1. The second kappa shape index (κ2) is 6.62. The van der Waals surface area contributed by atoms with Crippen LogP contribution >= 0.6 is 23.4 Å². The molecule has 0 spiro atoms. The minimum atomic E-state index is -4.54. The van der Waals surface area contributed by atoms with Crippen molar-refractivity contribution < 1.29 is 18.0 Å². The number of halogens is 4. The average molecular weight is 403 g/mol. The Morgan fingerprint density at radius 1 is 1.27 bits per heavy atom. The summed E-state index contributed by atoms with van der Waals surface area (Å²) in [5.74, 6) is -0.107. The molecule has 0 saturated heterocycles. The van der Waals surface area contributed by atoms with E-state index in [1.165, 1.54) is 0 Å². The minimum absolute atomic E-state index is 0.0267. The van der Waals surface area contributed by atoms with E-state index in [0.29, 0.717) is 5.56 Å². The summed E-state index contributed by atoms with van der Waals surface area (Å²) in [6, 6.07) is 2.60. The molecule has 3 rings (SSSR count). The summed E-state index contributed by atoms with van der Waals surface area (Å²) >= 11 is 6.89. The highest BCUT2D eigenvalue weighted by Crippen LogP contribution is 2.33. The normalized spacial score (nSPS) is 12.1. The zero-order valence-corrected chi connectivity index (χ0v) is 15.6. The van der Waals surface area contributed by atoms with Gasteiger partial charge >= 0.3 is 6.18 Å². The number of hydrogen-bond donors (Lipinski definition) is 0. The standard InChI is InChI=1S/C16H14ClF3N4OS/c1-8-4-11(9(2)23(8)3)13(25)7-26-15-22-21-14-12(17)5-10(6-24(14)15)16(18,19)20/h4-6H,7H2,1-3H3. The number of alkyl halides is 3. The van der Waals surface area contributed by atoms with Crippen LogP contribution in [0, 0.1) is 13.8 Å². The lowest BCUT2D eigenvalue weighted by Gasteiger charge is -2.08. The number of aryl methyl sites for hydroxylation is 1. The van der Waals surface area contributed by atoms with Crippen LogP contribution < -0.4 is 0 Å². The van der Waals surface area contributed by atoms with Gasteiger partial charge in [0.15, 0.2) is 16.6 Å². The molecule has 0 amide bonds. The zero-order valence-electron chi connectivity index (χ0n) is 14.1. The topological polar surface area (TPSA) is 52.2 Å². The second-order valence-corrected chi connectivity index (χ2v) is 7.16. The third kappa shape index (κ3) is 3.33. The molecule has 0 bridgehead atoms. The lowest BCUT2D eigenvalue weighted by Crippen LogP contribution is -2.08. The van der Waals surface area contributed by atoms with Crippen molar-refractivity contribution in [3.63, 3.8) is 0 Å². The first-order valence-electron chi connectivity index (χ1n) is 7.50. The van der Waals surface area contributed by atoms with Crippen molar-refractivity contribution >= 4 is 34.8 Å². The Morgan fingerprint density at radius 3 is 2.54 bits per heavy atom. The Bertz CT molecular complexity index is 1010. The minimum Gasteiger partial charge on any atom is -0.351 e. The molecule has 3 aromatic rings. The number of ketones is 1. The highest BCUT2D eigenvalue weighted by molar-refractivity contribution is 7.99.